The Kier molecular flexibility index (Phi) is 5.65. The number of ether oxygens (including phenoxy) is 1. The highest BCUT2D eigenvalue weighted by molar-refractivity contribution is 5.47. The topological polar surface area (TPSA) is 93.3 Å². The van der Waals surface area contributed by atoms with Gasteiger partial charge in [-0.2, -0.15) is 4.98 Å². The molecule has 0 saturated carbocycles. The van der Waals surface area contributed by atoms with Gasteiger partial charge in [-0.05, 0) is 13.3 Å². The highest BCUT2D eigenvalue weighted by Gasteiger charge is 2.10. The molecule has 0 unspecified atom stereocenters. The normalized spacial score (nSPS) is 10.4. The largest absolute Gasteiger partial charge is 0.477 e. The van der Waals surface area contributed by atoms with Crippen LogP contribution in [0.3, 0.4) is 0 Å². The van der Waals surface area contributed by atoms with Crippen LogP contribution in [0.15, 0.2) is 0 Å². The maximum absolute atomic E-state index is 8.71. The zero-order valence-corrected chi connectivity index (χ0v) is 10.4. The first-order valence-corrected chi connectivity index (χ1v) is 5.80. The summed E-state index contributed by atoms with van der Waals surface area (Å²) in [7, 11) is 0. The van der Waals surface area contributed by atoms with Gasteiger partial charge in [0.2, 0.25) is 5.88 Å². The molecular formula is C11H20N4O2. The van der Waals surface area contributed by atoms with Crippen molar-refractivity contribution < 1.29 is 9.84 Å². The summed E-state index contributed by atoms with van der Waals surface area (Å²) in [5, 5.41) is 8.71. The molecule has 0 bridgehead atoms. The van der Waals surface area contributed by atoms with E-state index in [0.29, 0.717) is 30.5 Å². The summed E-state index contributed by atoms with van der Waals surface area (Å²) in [6, 6.07) is 0. The smallest absolute Gasteiger partial charge is 0.221 e. The van der Waals surface area contributed by atoms with Crippen molar-refractivity contribution in [3.05, 3.63) is 11.4 Å². The lowest BCUT2D eigenvalue weighted by molar-refractivity contribution is 0.228. The minimum atomic E-state index is 0.105. The first-order valence-electron chi connectivity index (χ1n) is 5.80. The number of nitrogens with two attached hydrogens (primary N) is 1. The minimum absolute atomic E-state index is 0.105. The molecule has 0 aliphatic carbocycles. The van der Waals surface area contributed by atoms with Crippen molar-refractivity contribution in [2.45, 2.75) is 33.1 Å². The molecule has 0 aromatic carbocycles. The molecule has 4 N–H and O–H groups in total. The first-order chi connectivity index (χ1) is 8.22. The molecule has 1 heterocycles. The van der Waals surface area contributed by atoms with Crippen LogP contribution in [0.1, 0.15) is 31.2 Å². The molecule has 1 aromatic rings. The Morgan fingerprint density at radius 3 is 2.76 bits per heavy atom. The van der Waals surface area contributed by atoms with Gasteiger partial charge in [-0.3, -0.25) is 0 Å². The van der Waals surface area contributed by atoms with Crippen molar-refractivity contribution in [2.24, 2.45) is 5.84 Å². The number of aliphatic hydroxyl groups excluding tert-OH is 1. The van der Waals surface area contributed by atoms with E-state index in [-0.39, 0.29) is 6.61 Å². The van der Waals surface area contributed by atoms with Crippen LogP contribution < -0.4 is 16.0 Å². The second kappa shape index (κ2) is 7.03. The number of aromatic nitrogens is 2. The van der Waals surface area contributed by atoms with E-state index in [0.717, 1.165) is 18.4 Å². The molecule has 6 nitrogen and oxygen atoms in total. The van der Waals surface area contributed by atoms with Gasteiger partial charge in [0.1, 0.15) is 11.6 Å². The van der Waals surface area contributed by atoms with Crippen molar-refractivity contribution in [3.8, 4) is 5.88 Å². The van der Waals surface area contributed by atoms with E-state index in [4.69, 9.17) is 15.7 Å². The van der Waals surface area contributed by atoms with Crippen LogP contribution >= 0.6 is 0 Å². The van der Waals surface area contributed by atoms with E-state index in [1.54, 1.807) is 0 Å². The zero-order chi connectivity index (χ0) is 12.7. The Balaban J connectivity index is 2.88. The van der Waals surface area contributed by atoms with Crippen LogP contribution in [0.2, 0.25) is 0 Å². The number of hydrogen-bond donors (Lipinski definition) is 3. The van der Waals surface area contributed by atoms with Crippen LogP contribution in [0, 0.1) is 6.92 Å². The maximum Gasteiger partial charge on any atom is 0.221 e. The van der Waals surface area contributed by atoms with Gasteiger partial charge >= 0.3 is 0 Å². The first kappa shape index (κ1) is 13.7. The maximum atomic E-state index is 8.71. The molecule has 0 aliphatic heterocycles. The number of rotatable bonds is 7. The average molecular weight is 240 g/mol. The van der Waals surface area contributed by atoms with Crippen molar-refractivity contribution in [1.29, 1.82) is 0 Å². The number of hydrazine groups is 1. The van der Waals surface area contributed by atoms with Crippen LogP contribution in [0.4, 0.5) is 5.82 Å². The average Bonchev–Trinajstić information content (AvgIpc) is 2.33. The molecule has 0 fully saturated rings. The van der Waals surface area contributed by atoms with E-state index in [2.05, 4.69) is 22.3 Å². The molecule has 1 aromatic heterocycles. The van der Waals surface area contributed by atoms with Gasteiger partial charge < -0.3 is 15.3 Å². The molecule has 0 radical (unpaired) electrons. The van der Waals surface area contributed by atoms with Gasteiger partial charge in [0.15, 0.2) is 0 Å². The van der Waals surface area contributed by atoms with Crippen molar-refractivity contribution in [2.75, 3.05) is 18.6 Å². The lowest BCUT2D eigenvalue weighted by Gasteiger charge is -2.12. The van der Waals surface area contributed by atoms with Gasteiger partial charge in [0.05, 0.1) is 12.2 Å². The van der Waals surface area contributed by atoms with E-state index in [1.807, 2.05) is 6.92 Å². The van der Waals surface area contributed by atoms with Crippen LogP contribution in [-0.4, -0.2) is 28.3 Å². The highest BCUT2D eigenvalue weighted by Crippen LogP contribution is 2.21. The summed E-state index contributed by atoms with van der Waals surface area (Å²) in [5.41, 5.74) is 3.33. The number of aliphatic hydroxyl groups is 1. The number of nitrogen functional groups attached to an aromatic ring is 1. The molecule has 1 rings (SSSR count). The third-order valence-corrected chi connectivity index (χ3v) is 2.30. The molecule has 0 spiro atoms. The second-order valence-electron chi connectivity index (χ2n) is 3.74. The predicted octanol–water partition coefficient (Wildman–Crippen LogP) is 0.784. The molecule has 17 heavy (non-hydrogen) atoms. The zero-order valence-electron chi connectivity index (χ0n) is 10.4. The molecule has 6 heteroatoms. The van der Waals surface area contributed by atoms with E-state index >= 15 is 0 Å². The van der Waals surface area contributed by atoms with E-state index in [1.165, 1.54) is 0 Å². The Bertz CT molecular complexity index is 358. The summed E-state index contributed by atoms with van der Waals surface area (Å²) in [6.07, 6.45) is 2.33. The molecule has 0 atom stereocenters. The Morgan fingerprint density at radius 1 is 1.41 bits per heavy atom. The van der Waals surface area contributed by atoms with Crippen LogP contribution in [0.5, 0.6) is 5.88 Å². The lowest BCUT2D eigenvalue weighted by atomic mass is 10.3. The summed E-state index contributed by atoms with van der Waals surface area (Å²) >= 11 is 0. The summed E-state index contributed by atoms with van der Waals surface area (Å²) in [6.45, 7) is 4.45. The summed E-state index contributed by atoms with van der Waals surface area (Å²) < 4.78 is 5.50. The summed E-state index contributed by atoms with van der Waals surface area (Å²) in [5.74, 6) is 7.23. The monoisotopic (exact) mass is 240 g/mol. The fourth-order valence-corrected chi connectivity index (χ4v) is 1.39. The Morgan fingerprint density at radius 2 is 2.18 bits per heavy atom. The fourth-order valence-electron chi connectivity index (χ4n) is 1.39. The van der Waals surface area contributed by atoms with Crippen LogP contribution in [0.25, 0.3) is 0 Å². The summed E-state index contributed by atoms with van der Waals surface area (Å²) in [4.78, 5) is 8.62. The molecule has 0 saturated heterocycles. The molecule has 0 amide bonds. The van der Waals surface area contributed by atoms with E-state index in [9.17, 15) is 0 Å². The Labute approximate surface area is 101 Å². The predicted molar refractivity (Wildman–Crippen MR) is 65.8 cm³/mol. The number of aryl methyl sites for hydroxylation is 1. The minimum Gasteiger partial charge on any atom is -0.477 e. The van der Waals surface area contributed by atoms with Gasteiger partial charge in [-0.1, -0.05) is 6.92 Å². The van der Waals surface area contributed by atoms with Gasteiger partial charge in [0, 0.05) is 19.4 Å². The quantitative estimate of drug-likeness (QED) is 0.370. The third-order valence-electron chi connectivity index (χ3n) is 2.30. The van der Waals surface area contributed by atoms with Gasteiger partial charge in [0.25, 0.3) is 0 Å². The number of hydrogen-bond acceptors (Lipinski definition) is 6. The molecule has 0 aliphatic rings. The third kappa shape index (κ3) is 3.83. The number of nitrogens with one attached hydrogen (secondary N) is 1. The molecular weight excluding hydrogens is 220 g/mol. The lowest BCUT2D eigenvalue weighted by Crippen LogP contribution is -2.14. The van der Waals surface area contributed by atoms with Crippen molar-refractivity contribution >= 4 is 5.82 Å². The van der Waals surface area contributed by atoms with E-state index < -0.39 is 0 Å². The number of anilines is 1. The Hall–Kier alpha value is -1.40. The SMILES string of the molecule is CCCc1nc(NN)c(C)c(OCCCO)n1. The number of nitrogens with zero attached hydrogens (tertiary/aromatic N) is 2. The second-order valence-corrected chi connectivity index (χ2v) is 3.74. The van der Waals surface area contributed by atoms with Crippen molar-refractivity contribution in [1.82, 2.24) is 9.97 Å². The highest BCUT2D eigenvalue weighted by atomic mass is 16.5. The fraction of sp³-hybridized carbons (Fsp3) is 0.636. The standard InChI is InChI=1S/C11H20N4O2/c1-3-5-9-13-10(15-12)8(2)11(14-9)17-7-4-6-16/h16H,3-7,12H2,1-2H3,(H,13,14,15). The van der Waals surface area contributed by atoms with Gasteiger partial charge in [-0.25, -0.2) is 10.8 Å². The van der Waals surface area contributed by atoms with Crippen LogP contribution in [-0.2, 0) is 6.42 Å². The molecule has 96 valence electrons. The van der Waals surface area contributed by atoms with Crippen molar-refractivity contribution in [3.63, 3.8) is 0 Å². The van der Waals surface area contributed by atoms with Gasteiger partial charge in [-0.15, -0.1) is 0 Å².